The van der Waals surface area contributed by atoms with Crippen LogP contribution in [0.2, 0.25) is 0 Å². The fourth-order valence-corrected chi connectivity index (χ4v) is 5.87. The largest absolute Gasteiger partial charge is 0.369 e. The highest BCUT2D eigenvalue weighted by Gasteiger charge is 2.31. The quantitative estimate of drug-likeness (QED) is 0.592. The predicted octanol–water partition coefficient (Wildman–Crippen LogP) is 4.34. The van der Waals surface area contributed by atoms with Crippen LogP contribution in [0.4, 0.5) is 5.69 Å². The fraction of sp³-hybridized carbons (Fsp3) is 0.375. The van der Waals surface area contributed by atoms with Crippen LogP contribution < -0.4 is 4.90 Å². The van der Waals surface area contributed by atoms with E-state index >= 15 is 0 Å². The Balaban J connectivity index is 1.60. The van der Waals surface area contributed by atoms with Crippen molar-refractivity contribution < 1.29 is 12.9 Å². The summed E-state index contributed by atoms with van der Waals surface area (Å²) < 4.78 is 34.1. The number of piperazine rings is 1. The van der Waals surface area contributed by atoms with Gasteiger partial charge in [-0.25, -0.2) is 8.42 Å². The predicted molar refractivity (Wildman–Crippen MR) is 123 cm³/mol. The van der Waals surface area contributed by atoms with E-state index in [1.54, 1.807) is 10.4 Å². The third-order valence-corrected chi connectivity index (χ3v) is 8.11. The van der Waals surface area contributed by atoms with Crippen LogP contribution >= 0.6 is 0 Å². The average Bonchev–Trinajstić information content (AvgIpc) is 3.21. The lowest BCUT2D eigenvalue weighted by molar-refractivity contribution is 0.384. The van der Waals surface area contributed by atoms with Crippen molar-refractivity contribution in [2.45, 2.75) is 39.0 Å². The molecule has 3 aromatic rings. The first-order valence-electron chi connectivity index (χ1n) is 10.7. The standard InChI is InChI=1S/C24H29N3O3S/c1-5-20-9-10-21(23-15-18(3)25-30-23)16-24(20)31(28,29)27-13-11-26(12-14-27)22-8-6-7-17(2)19(22)4/h6-10,15-16H,5,11-14H2,1-4H3. The Hall–Kier alpha value is -2.64. The van der Waals surface area contributed by atoms with Crippen LogP contribution in [-0.4, -0.2) is 44.1 Å². The Morgan fingerprint density at radius 1 is 1.00 bits per heavy atom. The van der Waals surface area contributed by atoms with E-state index < -0.39 is 10.0 Å². The Morgan fingerprint density at radius 3 is 2.39 bits per heavy atom. The highest BCUT2D eigenvalue weighted by Crippen LogP contribution is 2.30. The Bertz CT molecular complexity index is 1190. The zero-order valence-electron chi connectivity index (χ0n) is 18.6. The minimum Gasteiger partial charge on any atom is -0.369 e. The number of benzene rings is 2. The van der Waals surface area contributed by atoms with E-state index in [9.17, 15) is 8.42 Å². The second-order valence-electron chi connectivity index (χ2n) is 8.12. The number of anilines is 1. The van der Waals surface area contributed by atoms with Crippen molar-refractivity contribution in [3.63, 3.8) is 0 Å². The third-order valence-electron chi connectivity index (χ3n) is 6.13. The van der Waals surface area contributed by atoms with E-state index in [2.05, 4.69) is 42.1 Å². The molecule has 0 saturated carbocycles. The van der Waals surface area contributed by atoms with Crippen molar-refractivity contribution in [2.75, 3.05) is 31.1 Å². The number of sulfonamides is 1. The lowest BCUT2D eigenvalue weighted by atomic mass is 10.1. The van der Waals surface area contributed by atoms with E-state index in [4.69, 9.17) is 4.52 Å². The molecule has 1 fully saturated rings. The Kier molecular flexibility index (Phi) is 5.90. The second-order valence-corrected chi connectivity index (χ2v) is 10.0. The summed E-state index contributed by atoms with van der Waals surface area (Å²) >= 11 is 0. The van der Waals surface area contributed by atoms with Gasteiger partial charge in [-0.15, -0.1) is 0 Å². The summed E-state index contributed by atoms with van der Waals surface area (Å²) in [6, 6.07) is 13.6. The SMILES string of the molecule is CCc1ccc(-c2cc(C)no2)cc1S(=O)(=O)N1CCN(c2cccc(C)c2C)CC1. The molecule has 1 aliphatic heterocycles. The normalized spacial score (nSPS) is 15.4. The molecule has 2 heterocycles. The van der Waals surface area contributed by atoms with Gasteiger partial charge in [-0.05, 0) is 56.0 Å². The monoisotopic (exact) mass is 439 g/mol. The first-order valence-corrected chi connectivity index (χ1v) is 12.1. The molecule has 4 rings (SSSR count). The van der Waals surface area contributed by atoms with Crippen molar-refractivity contribution >= 4 is 15.7 Å². The highest BCUT2D eigenvalue weighted by atomic mass is 32.2. The number of nitrogens with zero attached hydrogens (tertiary/aromatic N) is 3. The highest BCUT2D eigenvalue weighted by molar-refractivity contribution is 7.89. The van der Waals surface area contributed by atoms with Gasteiger partial charge in [0.2, 0.25) is 10.0 Å². The van der Waals surface area contributed by atoms with Gasteiger partial charge in [0, 0.05) is 43.5 Å². The second kappa shape index (κ2) is 8.48. The Morgan fingerprint density at radius 2 is 1.74 bits per heavy atom. The van der Waals surface area contributed by atoms with Gasteiger partial charge >= 0.3 is 0 Å². The topological polar surface area (TPSA) is 66.7 Å². The summed E-state index contributed by atoms with van der Waals surface area (Å²) in [5.74, 6) is 0.580. The summed E-state index contributed by atoms with van der Waals surface area (Å²) in [5.41, 5.74) is 6.00. The van der Waals surface area contributed by atoms with Gasteiger partial charge in [-0.2, -0.15) is 4.31 Å². The van der Waals surface area contributed by atoms with Crippen LogP contribution in [0.1, 0.15) is 29.3 Å². The molecule has 7 heteroatoms. The molecule has 1 saturated heterocycles. The van der Waals surface area contributed by atoms with E-state index in [1.165, 1.54) is 16.8 Å². The molecule has 6 nitrogen and oxygen atoms in total. The molecule has 0 radical (unpaired) electrons. The number of hydrogen-bond acceptors (Lipinski definition) is 5. The molecule has 0 amide bonds. The number of rotatable bonds is 5. The van der Waals surface area contributed by atoms with Gasteiger partial charge in [-0.1, -0.05) is 36.3 Å². The number of hydrogen-bond donors (Lipinski definition) is 0. The molecule has 0 aliphatic carbocycles. The minimum atomic E-state index is -3.61. The molecule has 1 aliphatic rings. The van der Waals surface area contributed by atoms with Gasteiger partial charge in [-0.3, -0.25) is 0 Å². The van der Waals surface area contributed by atoms with Crippen molar-refractivity contribution in [2.24, 2.45) is 0 Å². The van der Waals surface area contributed by atoms with Crippen molar-refractivity contribution in [1.82, 2.24) is 9.46 Å². The minimum absolute atomic E-state index is 0.363. The molecule has 0 N–H and O–H groups in total. The van der Waals surface area contributed by atoms with Crippen molar-refractivity contribution in [1.29, 1.82) is 0 Å². The first-order chi connectivity index (χ1) is 14.8. The van der Waals surface area contributed by atoms with E-state index in [-0.39, 0.29) is 0 Å². The van der Waals surface area contributed by atoms with Crippen LogP contribution in [0.5, 0.6) is 0 Å². The molecule has 2 aromatic carbocycles. The lowest BCUT2D eigenvalue weighted by Gasteiger charge is -2.36. The summed E-state index contributed by atoms with van der Waals surface area (Å²) in [5, 5.41) is 3.93. The molecular formula is C24H29N3O3S. The molecule has 164 valence electrons. The summed E-state index contributed by atoms with van der Waals surface area (Å²) in [4.78, 5) is 2.64. The molecule has 1 aromatic heterocycles. The Labute approximate surface area is 184 Å². The van der Waals surface area contributed by atoms with Crippen LogP contribution in [0, 0.1) is 20.8 Å². The van der Waals surface area contributed by atoms with Gasteiger partial charge in [0.05, 0.1) is 10.6 Å². The third kappa shape index (κ3) is 4.12. The smallest absolute Gasteiger partial charge is 0.243 e. The summed E-state index contributed by atoms with van der Waals surface area (Å²) in [7, 11) is -3.61. The first kappa shape index (κ1) is 21.6. The maximum absolute atomic E-state index is 13.6. The zero-order valence-corrected chi connectivity index (χ0v) is 19.4. The summed E-state index contributed by atoms with van der Waals surface area (Å²) in [6.07, 6.45) is 0.646. The van der Waals surface area contributed by atoms with E-state index in [0.717, 1.165) is 16.8 Å². The van der Waals surface area contributed by atoms with Crippen molar-refractivity contribution in [3.05, 3.63) is 64.8 Å². The van der Waals surface area contributed by atoms with Crippen LogP contribution in [0.25, 0.3) is 11.3 Å². The molecule has 0 spiro atoms. The van der Waals surface area contributed by atoms with E-state index in [0.29, 0.717) is 43.3 Å². The molecule has 0 bridgehead atoms. The van der Waals surface area contributed by atoms with Gasteiger partial charge in [0.1, 0.15) is 0 Å². The van der Waals surface area contributed by atoms with E-state index in [1.807, 2.05) is 32.0 Å². The maximum Gasteiger partial charge on any atom is 0.243 e. The average molecular weight is 440 g/mol. The van der Waals surface area contributed by atoms with Crippen molar-refractivity contribution in [3.8, 4) is 11.3 Å². The molecule has 31 heavy (non-hydrogen) atoms. The maximum atomic E-state index is 13.6. The van der Waals surface area contributed by atoms with Crippen LogP contribution in [0.15, 0.2) is 51.9 Å². The molecule has 0 unspecified atom stereocenters. The van der Waals surface area contributed by atoms with Crippen LogP contribution in [-0.2, 0) is 16.4 Å². The summed E-state index contributed by atoms with van der Waals surface area (Å²) in [6.45, 7) is 10.3. The van der Waals surface area contributed by atoms with Gasteiger partial charge in [0.25, 0.3) is 0 Å². The number of aryl methyl sites for hydroxylation is 3. The van der Waals surface area contributed by atoms with Crippen LogP contribution in [0.3, 0.4) is 0 Å². The van der Waals surface area contributed by atoms with Gasteiger partial charge in [0.15, 0.2) is 5.76 Å². The number of aromatic nitrogens is 1. The van der Waals surface area contributed by atoms with Gasteiger partial charge < -0.3 is 9.42 Å². The molecular weight excluding hydrogens is 410 g/mol. The fourth-order valence-electron chi connectivity index (χ4n) is 4.13. The lowest BCUT2D eigenvalue weighted by Crippen LogP contribution is -2.49. The molecule has 0 atom stereocenters. The zero-order chi connectivity index (χ0) is 22.2.